The minimum absolute atomic E-state index is 0.434. The predicted molar refractivity (Wildman–Crippen MR) is 67.1 cm³/mol. The highest BCUT2D eigenvalue weighted by Gasteiger charge is 2.20. The van der Waals surface area contributed by atoms with Crippen molar-refractivity contribution in [3.63, 3.8) is 0 Å². The lowest BCUT2D eigenvalue weighted by Crippen LogP contribution is -2.15. The minimum Gasteiger partial charge on any atom is -0.325 e. The molecule has 17 heavy (non-hydrogen) atoms. The van der Waals surface area contributed by atoms with Gasteiger partial charge in [-0.1, -0.05) is 18.2 Å². The van der Waals surface area contributed by atoms with Crippen molar-refractivity contribution in [2.45, 2.75) is 13.0 Å². The number of fused-ring (bicyclic) bond motifs is 1. The van der Waals surface area contributed by atoms with Crippen LogP contribution in [0, 0.1) is 0 Å². The van der Waals surface area contributed by atoms with E-state index in [4.69, 9.17) is 5.73 Å². The lowest BCUT2D eigenvalue weighted by molar-refractivity contribution is 0.925. The summed E-state index contributed by atoms with van der Waals surface area (Å²) in [5.74, 6) is 0.896. The minimum atomic E-state index is 0.434. The average Bonchev–Trinajstić information content (AvgIpc) is 2.83. The Balaban J connectivity index is 1.95. The summed E-state index contributed by atoms with van der Waals surface area (Å²) in [6.07, 6.45) is 4.61. The van der Waals surface area contributed by atoms with Gasteiger partial charge in [0.25, 0.3) is 0 Å². The molecule has 0 aliphatic carbocycles. The van der Waals surface area contributed by atoms with Crippen LogP contribution in [0.5, 0.6) is 0 Å². The first kappa shape index (κ1) is 10.2. The molecular formula is C13H14N4. The number of nitrogens with two attached hydrogens (primary N) is 1. The van der Waals surface area contributed by atoms with Gasteiger partial charge in [0, 0.05) is 18.8 Å². The highest BCUT2D eigenvalue weighted by molar-refractivity contribution is 5.66. The second-order valence-electron chi connectivity index (χ2n) is 4.10. The molecule has 1 aliphatic heterocycles. The van der Waals surface area contributed by atoms with Crippen molar-refractivity contribution in [3.8, 4) is 0 Å². The van der Waals surface area contributed by atoms with Gasteiger partial charge >= 0.3 is 0 Å². The Kier molecular flexibility index (Phi) is 2.49. The number of hydrogen-bond donors (Lipinski definition) is 1. The lowest BCUT2D eigenvalue weighted by atomic mass is 10.2. The van der Waals surface area contributed by atoms with Crippen LogP contribution in [-0.4, -0.2) is 16.5 Å². The molecule has 0 amide bonds. The summed E-state index contributed by atoms with van der Waals surface area (Å²) in [4.78, 5) is 10.9. The molecular weight excluding hydrogens is 212 g/mol. The second-order valence-corrected chi connectivity index (χ2v) is 4.10. The number of benzene rings is 1. The van der Waals surface area contributed by atoms with Gasteiger partial charge in [0.15, 0.2) is 5.82 Å². The first-order chi connectivity index (χ1) is 8.38. The lowest BCUT2D eigenvalue weighted by Gasteiger charge is -2.17. The second kappa shape index (κ2) is 4.14. The zero-order valence-electron chi connectivity index (χ0n) is 9.50. The maximum Gasteiger partial charge on any atom is 0.151 e. The third-order valence-corrected chi connectivity index (χ3v) is 3.06. The Morgan fingerprint density at radius 1 is 1.18 bits per heavy atom. The van der Waals surface area contributed by atoms with Crippen LogP contribution < -0.4 is 10.6 Å². The van der Waals surface area contributed by atoms with E-state index in [1.165, 1.54) is 11.3 Å². The van der Waals surface area contributed by atoms with Crippen LogP contribution in [0.1, 0.15) is 11.3 Å². The molecule has 0 atom stereocenters. The number of rotatable bonds is 2. The molecule has 2 N–H and O–H groups in total. The van der Waals surface area contributed by atoms with Crippen LogP contribution in [-0.2, 0) is 13.0 Å². The largest absolute Gasteiger partial charge is 0.325 e. The maximum absolute atomic E-state index is 5.51. The van der Waals surface area contributed by atoms with Crippen LogP contribution in [0.2, 0.25) is 0 Å². The van der Waals surface area contributed by atoms with E-state index in [9.17, 15) is 0 Å². The fraction of sp³-hybridized carbons (Fsp3) is 0.231. The summed E-state index contributed by atoms with van der Waals surface area (Å²) in [6.45, 7) is 1.40. The smallest absolute Gasteiger partial charge is 0.151 e. The van der Waals surface area contributed by atoms with Crippen LogP contribution in [0.15, 0.2) is 36.7 Å². The van der Waals surface area contributed by atoms with E-state index in [0.717, 1.165) is 24.5 Å². The van der Waals surface area contributed by atoms with Gasteiger partial charge in [-0.15, -0.1) is 0 Å². The van der Waals surface area contributed by atoms with E-state index in [-0.39, 0.29) is 0 Å². The molecule has 0 saturated carbocycles. The van der Waals surface area contributed by atoms with E-state index in [0.29, 0.717) is 6.54 Å². The molecule has 1 aliphatic rings. The molecule has 0 fully saturated rings. The standard InChI is InChI=1S/C13H14N4/c14-7-11-8-16-13(9-15-11)17-6-5-10-3-1-2-4-12(10)17/h1-4,8-9H,5-7,14H2. The SMILES string of the molecule is NCc1cnc(N2CCc3ccccc32)cn1. The van der Waals surface area contributed by atoms with Crippen LogP contribution in [0.4, 0.5) is 11.5 Å². The molecule has 1 aromatic heterocycles. The molecule has 0 unspecified atom stereocenters. The molecule has 86 valence electrons. The molecule has 2 heterocycles. The molecule has 3 rings (SSSR count). The van der Waals surface area contributed by atoms with E-state index < -0.39 is 0 Å². The fourth-order valence-corrected chi connectivity index (χ4v) is 2.17. The summed E-state index contributed by atoms with van der Waals surface area (Å²) in [5, 5.41) is 0. The molecule has 0 bridgehead atoms. The van der Waals surface area contributed by atoms with E-state index in [1.807, 2.05) is 0 Å². The highest BCUT2D eigenvalue weighted by Crippen LogP contribution is 2.32. The Morgan fingerprint density at radius 2 is 2.06 bits per heavy atom. The van der Waals surface area contributed by atoms with Gasteiger partial charge in [0.05, 0.1) is 18.1 Å². The van der Waals surface area contributed by atoms with Gasteiger partial charge < -0.3 is 10.6 Å². The van der Waals surface area contributed by atoms with Crippen molar-refractivity contribution < 1.29 is 0 Å². The van der Waals surface area contributed by atoms with Crippen molar-refractivity contribution in [2.24, 2.45) is 5.73 Å². The fourth-order valence-electron chi connectivity index (χ4n) is 2.17. The first-order valence-corrected chi connectivity index (χ1v) is 5.75. The van der Waals surface area contributed by atoms with Crippen LogP contribution in [0.3, 0.4) is 0 Å². The van der Waals surface area contributed by atoms with Crippen LogP contribution in [0.25, 0.3) is 0 Å². The average molecular weight is 226 g/mol. The summed E-state index contributed by atoms with van der Waals surface area (Å²) in [7, 11) is 0. The third-order valence-electron chi connectivity index (χ3n) is 3.06. The zero-order chi connectivity index (χ0) is 11.7. The highest BCUT2D eigenvalue weighted by atomic mass is 15.2. The van der Waals surface area contributed by atoms with Gasteiger partial charge in [0.1, 0.15) is 0 Å². The number of nitrogens with zero attached hydrogens (tertiary/aromatic N) is 3. The van der Waals surface area contributed by atoms with E-state index in [2.05, 4.69) is 39.1 Å². The van der Waals surface area contributed by atoms with E-state index >= 15 is 0 Å². The quantitative estimate of drug-likeness (QED) is 0.845. The monoisotopic (exact) mass is 226 g/mol. The number of anilines is 2. The first-order valence-electron chi connectivity index (χ1n) is 5.75. The third kappa shape index (κ3) is 1.76. The Hall–Kier alpha value is -1.94. The molecule has 1 aromatic carbocycles. The van der Waals surface area contributed by atoms with Gasteiger partial charge in [-0.05, 0) is 18.1 Å². The summed E-state index contributed by atoms with van der Waals surface area (Å²) in [5.41, 5.74) is 8.95. The number of hydrogen-bond acceptors (Lipinski definition) is 4. The van der Waals surface area contributed by atoms with Crippen molar-refractivity contribution in [1.29, 1.82) is 0 Å². The van der Waals surface area contributed by atoms with Gasteiger partial charge in [-0.25, -0.2) is 4.98 Å². The van der Waals surface area contributed by atoms with E-state index in [1.54, 1.807) is 12.4 Å². The normalized spacial score (nSPS) is 13.8. The molecule has 0 radical (unpaired) electrons. The van der Waals surface area contributed by atoms with Gasteiger partial charge in [-0.2, -0.15) is 0 Å². The van der Waals surface area contributed by atoms with Gasteiger partial charge in [-0.3, -0.25) is 4.98 Å². The topological polar surface area (TPSA) is 55.0 Å². The Bertz CT molecular complexity index is 521. The van der Waals surface area contributed by atoms with Gasteiger partial charge in [0.2, 0.25) is 0 Å². The summed E-state index contributed by atoms with van der Waals surface area (Å²) in [6, 6.07) is 8.42. The predicted octanol–water partition coefficient (Wildman–Crippen LogP) is 1.63. The van der Waals surface area contributed by atoms with Crippen molar-refractivity contribution >= 4 is 11.5 Å². The maximum atomic E-state index is 5.51. The summed E-state index contributed by atoms with van der Waals surface area (Å²) >= 11 is 0. The van der Waals surface area contributed by atoms with Crippen molar-refractivity contribution in [3.05, 3.63) is 47.9 Å². The number of aromatic nitrogens is 2. The molecule has 0 saturated heterocycles. The Morgan fingerprint density at radius 3 is 2.82 bits per heavy atom. The molecule has 4 nitrogen and oxygen atoms in total. The number of para-hydroxylation sites is 1. The van der Waals surface area contributed by atoms with Crippen molar-refractivity contribution in [1.82, 2.24) is 9.97 Å². The Labute approximate surface area is 100 Å². The molecule has 2 aromatic rings. The summed E-state index contributed by atoms with van der Waals surface area (Å²) < 4.78 is 0. The van der Waals surface area contributed by atoms with Crippen molar-refractivity contribution in [2.75, 3.05) is 11.4 Å². The molecule has 4 heteroatoms. The molecule has 0 spiro atoms. The zero-order valence-corrected chi connectivity index (χ0v) is 9.50. The van der Waals surface area contributed by atoms with Crippen LogP contribution >= 0.6 is 0 Å².